The molecule has 2 rings (SSSR count). The highest BCUT2D eigenvalue weighted by Crippen LogP contribution is 2.21. The van der Waals surface area contributed by atoms with E-state index in [1.165, 1.54) is 18.2 Å². The van der Waals surface area contributed by atoms with Gasteiger partial charge in [0.25, 0.3) is 5.91 Å². The Kier molecular flexibility index (Phi) is 4.56. The van der Waals surface area contributed by atoms with Crippen LogP contribution in [0.1, 0.15) is 15.9 Å². The van der Waals surface area contributed by atoms with Gasteiger partial charge >= 0.3 is 0 Å². The molecule has 0 aliphatic carbocycles. The molecule has 0 spiro atoms. The molecule has 98 valence electrons. The monoisotopic (exact) mass is 341 g/mol. The Hall–Kier alpha value is -1.39. The predicted molar refractivity (Wildman–Crippen MR) is 78.4 cm³/mol. The van der Waals surface area contributed by atoms with Gasteiger partial charge < -0.3 is 5.32 Å². The molecule has 0 saturated heterocycles. The molecule has 0 heterocycles. The van der Waals surface area contributed by atoms with Gasteiger partial charge in [-0.3, -0.25) is 4.79 Å². The maximum atomic E-state index is 13.6. The minimum absolute atomic E-state index is 0.0918. The molecule has 0 aromatic heterocycles. The van der Waals surface area contributed by atoms with Crippen molar-refractivity contribution in [1.29, 1.82) is 0 Å². The summed E-state index contributed by atoms with van der Waals surface area (Å²) in [7, 11) is 0. The zero-order valence-electron chi connectivity index (χ0n) is 9.79. The van der Waals surface area contributed by atoms with E-state index in [9.17, 15) is 9.18 Å². The number of hydrogen-bond donors (Lipinski definition) is 1. The molecule has 0 atom stereocenters. The first kappa shape index (κ1) is 14.0. The lowest BCUT2D eigenvalue weighted by molar-refractivity contribution is 0.102. The average molecular weight is 343 g/mol. The molecule has 2 aromatic carbocycles. The minimum atomic E-state index is -0.637. The van der Waals surface area contributed by atoms with Gasteiger partial charge in [0, 0.05) is 11.0 Å². The van der Waals surface area contributed by atoms with Gasteiger partial charge in [0.1, 0.15) is 5.82 Å². The number of carbonyl (C=O) groups excluding carboxylic acids is 1. The molecule has 0 saturated carbocycles. The molecular weight excluding hydrogens is 333 g/mol. The normalized spacial score (nSPS) is 10.3. The van der Waals surface area contributed by atoms with E-state index >= 15 is 0 Å². The molecule has 0 radical (unpaired) electrons. The average Bonchev–Trinajstić information content (AvgIpc) is 2.38. The number of nitrogens with one attached hydrogen (secondary N) is 1. The van der Waals surface area contributed by atoms with E-state index in [0.29, 0.717) is 11.0 Å². The maximum absolute atomic E-state index is 13.6. The van der Waals surface area contributed by atoms with Crippen molar-refractivity contribution in [3.8, 4) is 0 Å². The molecule has 2 nitrogen and oxygen atoms in total. The van der Waals surface area contributed by atoms with E-state index in [4.69, 9.17) is 11.6 Å². The van der Waals surface area contributed by atoms with Crippen LogP contribution in [0.15, 0.2) is 42.5 Å². The number of benzene rings is 2. The lowest BCUT2D eigenvalue weighted by Gasteiger charge is -2.08. The third-order valence-corrected chi connectivity index (χ3v) is 3.49. The van der Waals surface area contributed by atoms with Crippen LogP contribution in [0.2, 0.25) is 5.02 Å². The van der Waals surface area contributed by atoms with Crippen molar-refractivity contribution in [3.05, 3.63) is 64.4 Å². The number of hydrogen-bond acceptors (Lipinski definition) is 1. The molecule has 0 aliphatic heterocycles. The van der Waals surface area contributed by atoms with Crippen LogP contribution in [-0.2, 0) is 5.33 Å². The van der Waals surface area contributed by atoms with Gasteiger partial charge in [-0.1, -0.05) is 45.7 Å². The van der Waals surface area contributed by atoms with Crippen molar-refractivity contribution in [2.24, 2.45) is 0 Å². The van der Waals surface area contributed by atoms with Gasteiger partial charge in [0.05, 0.1) is 10.6 Å². The Bertz CT molecular complexity index is 598. The first-order chi connectivity index (χ1) is 9.11. The lowest BCUT2D eigenvalue weighted by Crippen LogP contribution is -2.14. The van der Waals surface area contributed by atoms with Crippen molar-refractivity contribution < 1.29 is 9.18 Å². The smallest absolute Gasteiger partial charge is 0.260 e. The summed E-state index contributed by atoms with van der Waals surface area (Å²) < 4.78 is 13.6. The van der Waals surface area contributed by atoms with Crippen LogP contribution in [0.4, 0.5) is 10.1 Å². The fraction of sp³-hybridized carbons (Fsp3) is 0.0714. The summed E-state index contributed by atoms with van der Waals surface area (Å²) in [5.74, 6) is -1.20. The van der Waals surface area contributed by atoms with Crippen LogP contribution in [0, 0.1) is 5.82 Å². The molecule has 2 aromatic rings. The fourth-order valence-corrected chi connectivity index (χ4v) is 2.24. The van der Waals surface area contributed by atoms with Gasteiger partial charge in [0.2, 0.25) is 0 Å². The fourth-order valence-electron chi connectivity index (χ4n) is 1.64. The van der Waals surface area contributed by atoms with Crippen LogP contribution in [0.3, 0.4) is 0 Å². The third-order valence-electron chi connectivity index (χ3n) is 2.53. The SMILES string of the molecule is O=C(Nc1cccc(CBr)c1)c1c(F)cccc1Cl. The van der Waals surface area contributed by atoms with Crippen LogP contribution in [0.5, 0.6) is 0 Å². The highest BCUT2D eigenvalue weighted by molar-refractivity contribution is 9.08. The second kappa shape index (κ2) is 6.17. The summed E-state index contributed by atoms with van der Waals surface area (Å²) in [6.07, 6.45) is 0. The van der Waals surface area contributed by atoms with Crippen molar-refractivity contribution in [1.82, 2.24) is 0 Å². The Morgan fingerprint density at radius 3 is 2.68 bits per heavy atom. The minimum Gasteiger partial charge on any atom is -0.322 e. The second-order valence-corrected chi connectivity index (χ2v) is 4.85. The van der Waals surface area contributed by atoms with Gasteiger partial charge in [0.15, 0.2) is 0 Å². The van der Waals surface area contributed by atoms with E-state index in [1.54, 1.807) is 12.1 Å². The van der Waals surface area contributed by atoms with Crippen molar-refractivity contribution in [2.75, 3.05) is 5.32 Å². The summed E-state index contributed by atoms with van der Waals surface area (Å²) in [5.41, 5.74) is 1.46. The zero-order chi connectivity index (χ0) is 13.8. The van der Waals surface area contributed by atoms with Crippen LogP contribution in [0.25, 0.3) is 0 Å². The van der Waals surface area contributed by atoms with Gasteiger partial charge in [-0.25, -0.2) is 4.39 Å². The number of amides is 1. The molecule has 0 aliphatic rings. The van der Waals surface area contributed by atoms with E-state index in [0.717, 1.165) is 5.56 Å². The Labute approximate surface area is 123 Å². The molecule has 0 bridgehead atoms. The topological polar surface area (TPSA) is 29.1 Å². The Morgan fingerprint density at radius 2 is 2.00 bits per heavy atom. The van der Waals surface area contributed by atoms with E-state index < -0.39 is 11.7 Å². The maximum Gasteiger partial charge on any atom is 0.260 e. The third kappa shape index (κ3) is 3.33. The van der Waals surface area contributed by atoms with Gasteiger partial charge in [-0.15, -0.1) is 0 Å². The summed E-state index contributed by atoms with van der Waals surface area (Å²) in [5, 5.41) is 3.40. The van der Waals surface area contributed by atoms with Crippen LogP contribution in [-0.4, -0.2) is 5.91 Å². The Balaban J connectivity index is 2.26. The van der Waals surface area contributed by atoms with Crippen LogP contribution < -0.4 is 5.32 Å². The Morgan fingerprint density at radius 1 is 1.26 bits per heavy atom. The lowest BCUT2D eigenvalue weighted by atomic mass is 10.1. The number of anilines is 1. The standard InChI is InChI=1S/C14H10BrClFNO/c15-8-9-3-1-4-10(7-9)18-14(19)13-11(16)5-2-6-12(13)17/h1-7H,8H2,(H,18,19). The first-order valence-corrected chi connectivity index (χ1v) is 7.02. The summed E-state index contributed by atoms with van der Waals surface area (Å²) in [4.78, 5) is 12.0. The van der Waals surface area contributed by atoms with Gasteiger partial charge in [-0.05, 0) is 29.8 Å². The van der Waals surface area contributed by atoms with E-state index in [1.807, 2.05) is 12.1 Å². The largest absolute Gasteiger partial charge is 0.322 e. The number of rotatable bonds is 3. The molecule has 1 N–H and O–H groups in total. The summed E-state index contributed by atoms with van der Waals surface area (Å²) in [6, 6.07) is 11.4. The van der Waals surface area contributed by atoms with Crippen molar-refractivity contribution in [3.63, 3.8) is 0 Å². The molecule has 1 amide bonds. The zero-order valence-corrected chi connectivity index (χ0v) is 12.1. The molecule has 19 heavy (non-hydrogen) atoms. The molecule has 5 heteroatoms. The number of alkyl halides is 1. The quantitative estimate of drug-likeness (QED) is 0.810. The highest BCUT2D eigenvalue weighted by atomic mass is 79.9. The van der Waals surface area contributed by atoms with E-state index in [-0.39, 0.29) is 10.6 Å². The number of carbonyl (C=O) groups is 1. The summed E-state index contributed by atoms with van der Waals surface area (Å²) >= 11 is 9.17. The van der Waals surface area contributed by atoms with E-state index in [2.05, 4.69) is 21.2 Å². The van der Waals surface area contributed by atoms with Crippen LogP contribution >= 0.6 is 27.5 Å². The summed E-state index contributed by atoms with van der Waals surface area (Å²) in [6.45, 7) is 0. The van der Waals surface area contributed by atoms with Crippen molar-refractivity contribution >= 4 is 39.1 Å². The number of halogens is 3. The first-order valence-electron chi connectivity index (χ1n) is 5.52. The predicted octanol–water partition coefficient (Wildman–Crippen LogP) is 4.63. The molecule has 0 unspecified atom stereocenters. The van der Waals surface area contributed by atoms with Crippen molar-refractivity contribution in [2.45, 2.75) is 5.33 Å². The second-order valence-electron chi connectivity index (χ2n) is 3.88. The highest BCUT2D eigenvalue weighted by Gasteiger charge is 2.15. The molecular formula is C14H10BrClFNO. The molecule has 0 fully saturated rings. The van der Waals surface area contributed by atoms with Gasteiger partial charge in [-0.2, -0.15) is 0 Å².